The summed E-state index contributed by atoms with van der Waals surface area (Å²) in [7, 11) is 4.56. The number of methoxy groups -OCH3 is 3. The maximum atomic E-state index is 12.7. The fourth-order valence-corrected chi connectivity index (χ4v) is 4.02. The molecule has 2 amide bonds. The molecule has 0 radical (unpaired) electrons. The van der Waals surface area contributed by atoms with E-state index in [1.807, 2.05) is 12.1 Å². The van der Waals surface area contributed by atoms with E-state index >= 15 is 0 Å². The number of amides is 2. The van der Waals surface area contributed by atoms with Crippen LogP contribution < -0.4 is 24.8 Å². The van der Waals surface area contributed by atoms with Crippen LogP contribution in [-0.4, -0.2) is 44.7 Å². The van der Waals surface area contributed by atoms with Gasteiger partial charge in [-0.25, -0.2) is 0 Å². The first-order valence-electron chi connectivity index (χ1n) is 10.8. The van der Waals surface area contributed by atoms with Gasteiger partial charge in [-0.1, -0.05) is 6.07 Å². The standard InChI is InChI=1S/C24H31N3O5/c1-30-20-11-19(12-21(31-2)22(20)32-3)24(29)26-14-16-6-8-18(9-7-16)23(28)27-15-17-5-4-10-25-13-17/h4-5,10-13,16,18H,6-9,14-15H2,1-3H3,(H,26,29)(H,27,28). The van der Waals surface area contributed by atoms with Crippen LogP contribution in [0.2, 0.25) is 0 Å². The predicted octanol–water partition coefficient (Wildman–Crippen LogP) is 2.96. The number of rotatable bonds is 9. The molecule has 8 nitrogen and oxygen atoms in total. The summed E-state index contributed by atoms with van der Waals surface area (Å²) in [6.45, 7) is 1.07. The Morgan fingerprint density at radius 3 is 2.25 bits per heavy atom. The number of hydrogen-bond acceptors (Lipinski definition) is 6. The van der Waals surface area contributed by atoms with Crippen LogP contribution in [0.5, 0.6) is 17.2 Å². The highest BCUT2D eigenvalue weighted by molar-refractivity contribution is 5.95. The van der Waals surface area contributed by atoms with E-state index in [4.69, 9.17) is 14.2 Å². The maximum absolute atomic E-state index is 12.7. The summed E-state index contributed by atoms with van der Waals surface area (Å²) in [6, 6.07) is 7.08. The lowest BCUT2D eigenvalue weighted by molar-refractivity contribution is -0.126. The Hall–Kier alpha value is -3.29. The Bertz CT molecular complexity index is 886. The molecule has 0 bridgehead atoms. The molecule has 32 heavy (non-hydrogen) atoms. The van der Waals surface area contributed by atoms with Crippen molar-refractivity contribution in [3.63, 3.8) is 0 Å². The second kappa shape index (κ2) is 11.4. The molecule has 1 heterocycles. The number of ether oxygens (including phenoxy) is 3. The summed E-state index contributed by atoms with van der Waals surface area (Å²) in [5.74, 6) is 1.60. The molecule has 1 aromatic heterocycles. The van der Waals surface area contributed by atoms with E-state index in [1.54, 1.807) is 24.5 Å². The Balaban J connectivity index is 1.46. The molecule has 0 spiro atoms. The Kier molecular flexibility index (Phi) is 8.30. The lowest BCUT2D eigenvalue weighted by atomic mass is 9.81. The van der Waals surface area contributed by atoms with Crippen LogP contribution in [0.3, 0.4) is 0 Å². The van der Waals surface area contributed by atoms with Crippen molar-refractivity contribution in [1.82, 2.24) is 15.6 Å². The number of benzene rings is 1. The highest BCUT2D eigenvalue weighted by atomic mass is 16.5. The summed E-state index contributed by atoms with van der Waals surface area (Å²) < 4.78 is 15.9. The van der Waals surface area contributed by atoms with Gasteiger partial charge in [0.25, 0.3) is 5.91 Å². The largest absolute Gasteiger partial charge is 0.493 e. The number of aromatic nitrogens is 1. The van der Waals surface area contributed by atoms with Crippen molar-refractivity contribution in [2.75, 3.05) is 27.9 Å². The monoisotopic (exact) mass is 441 g/mol. The number of nitrogens with one attached hydrogen (secondary N) is 2. The zero-order valence-electron chi connectivity index (χ0n) is 18.8. The number of nitrogens with zero attached hydrogens (tertiary/aromatic N) is 1. The smallest absolute Gasteiger partial charge is 0.251 e. The third-order valence-electron chi connectivity index (χ3n) is 5.89. The summed E-state index contributed by atoms with van der Waals surface area (Å²) in [4.78, 5) is 29.2. The minimum absolute atomic E-state index is 0.0220. The molecule has 8 heteroatoms. The number of carbonyl (C=O) groups is 2. The molecule has 0 atom stereocenters. The first-order chi connectivity index (χ1) is 15.5. The summed E-state index contributed by atoms with van der Waals surface area (Å²) in [5, 5.41) is 6.00. The second-order valence-corrected chi connectivity index (χ2v) is 7.92. The minimum atomic E-state index is -0.194. The van der Waals surface area contributed by atoms with Crippen molar-refractivity contribution in [3.05, 3.63) is 47.8 Å². The first kappa shape index (κ1) is 23.4. The van der Waals surface area contributed by atoms with Crippen molar-refractivity contribution in [2.24, 2.45) is 11.8 Å². The Morgan fingerprint density at radius 2 is 1.69 bits per heavy atom. The van der Waals surface area contributed by atoms with Crippen molar-refractivity contribution in [3.8, 4) is 17.2 Å². The average Bonchev–Trinajstić information content (AvgIpc) is 2.85. The van der Waals surface area contributed by atoms with E-state index in [9.17, 15) is 9.59 Å². The fourth-order valence-electron chi connectivity index (χ4n) is 4.02. The Labute approximate surface area is 188 Å². The molecule has 1 aromatic carbocycles. The average molecular weight is 442 g/mol. The molecule has 1 aliphatic carbocycles. The van der Waals surface area contributed by atoms with Gasteiger partial charge in [-0.2, -0.15) is 0 Å². The van der Waals surface area contributed by atoms with Crippen LogP contribution in [-0.2, 0) is 11.3 Å². The van der Waals surface area contributed by atoms with Gasteiger partial charge in [-0.05, 0) is 55.4 Å². The molecule has 0 unspecified atom stereocenters. The maximum Gasteiger partial charge on any atom is 0.251 e. The highest BCUT2D eigenvalue weighted by Crippen LogP contribution is 2.38. The zero-order chi connectivity index (χ0) is 22.9. The van der Waals surface area contributed by atoms with Crippen LogP contribution in [0.4, 0.5) is 0 Å². The Morgan fingerprint density at radius 1 is 1.00 bits per heavy atom. The van der Waals surface area contributed by atoms with Crippen LogP contribution in [0.1, 0.15) is 41.6 Å². The van der Waals surface area contributed by atoms with E-state index in [-0.39, 0.29) is 17.7 Å². The molecular weight excluding hydrogens is 410 g/mol. The van der Waals surface area contributed by atoms with E-state index in [0.717, 1.165) is 31.2 Å². The second-order valence-electron chi connectivity index (χ2n) is 7.92. The summed E-state index contributed by atoms with van der Waals surface area (Å²) in [5.41, 5.74) is 1.44. The van der Waals surface area contributed by atoms with Crippen LogP contribution in [0.25, 0.3) is 0 Å². The molecule has 2 aromatic rings. The molecule has 1 fully saturated rings. The van der Waals surface area contributed by atoms with Crippen molar-refractivity contribution < 1.29 is 23.8 Å². The fraction of sp³-hybridized carbons (Fsp3) is 0.458. The topological polar surface area (TPSA) is 98.8 Å². The van der Waals surface area contributed by atoms with Gasteiger partial charge in [0.2, 0.25) is 11.7 Å². The number of pyridine rings is 1. The molecule has 2 N–H and O–H groups in total. The molecular formula is C24H31N3O5. The lowest BCUT2D eigenvalue weighted by Crippen LogP contribution is -2.36. The highest BCUT2D eigenvalue weighted by Gasteiger charge is 2.26. The van der Waals surface area contributed by atoms with Gasteiger partial charge in [0.1, 0.15) is 0 Å². The molecule has 1 aliphatic rings. The van der Waals surface area contributed by atoms with E-state index in [0.29, 0.717) is 41.8 Å². The van der Waals surface area contributed by atoms with Crippen LogP contribution in [0.15, 0.2) is 36.7 Å². The normalized spacial score (nSPS) is 17.8. The summed E-state index contributed by atoms with van der Waals surface area (Å²) >= 11 is 0. The SMILES string of the molecule is COc1cc(C(=O)NCC2CCC(C(=O)NCc3cccnc3)CC2)cc(OC)c1OC. The van der Waals surface area contributed by atoms with Gasteiger partial charge in [-0.15, -0.1) is 0 Å². The zero-order valence-corrected chi connectivity index (χ0v) is 18.8. The minimum Gasteiger partial charge on any atom is -0.493 e. The van der Waals surface area contributed by atoms with Gasteiger partial charge in [-0.3, -0.25) is 14.6 Å². The van der Waals surface area contributed by atoms with Crippen molar-refractivity contribution in [2.45, 2.75) is 32.2 Å². The van der Waals surface area contributed by atoms with Crippen LogP contribution in [0, 0.1) is 11.8 Å². The lowest BCUT2D eigenvalue weighted by Gasteiger charge is -2.28. The van der Waals surface area contributed by atoms with Crippen molar-refractivity contribution >= 4 is 11.8 Å². The summed E-state index contributed by atoms with van der Waals surface area (Å²) in [6.07, 6.45) is 6.93. The van der Waals surface area contributed by atoms with Crippen molar-refractivity contribution in [1.29, 1.82) is 0 Å². The van der Waals surface area contributed by atoms with Gasteiger partial charge in [0.05, 0.1) is 21.3 Å². The third kappa shape index (κ3) is 5.90. The van der Waals surface area contributed by atoms with E-state index in [1.165, 1.54) is 21.3 Å². The molecule has 172 valence electrons. The molecule has 0 aliphatic heterocycles. The number of hydrogen-bond donors (Lipinski definition) is 2. The number of carbonyl (C=O) groups excluding carboxylic acids is 2. The molecule has 1 saturated carbocycles. The van der Waals surface area contributed by atoms with E-state index < -0.39 is 0 Å². The van der Waals surface area contributed by atoms with Gasteiger partial charge < -0.3 is 24.8 Å². The van der Waals surface area contributed by atoms with Gasteiger partial charge in [0.15, 0.2) is 11.5 Å². The first-order valence-corrected chi connectivity index (χ1v) is 10.8. The molecule has 3 rings (SSSR count). The van der Waals surface area contributed by atoms with Crippen LogP contribution >= 0.6 is 0 Å². The predicted molar refractivity (Wildman–Crippen MR) is 120 cm³/mol. The van der Waals surface area contributed by atoms with Gasteiger partial charge in [0, 0.05) is 37.0 Å². The van der Waals surface area contributed by atoms with E-state index in [2.05, 4.69) is 15.6 Å². The van der Waals surface area contributed by atoms with Gasteiger partial charge >= 0.3 is 0 Å². The quantitative estimate of drug-likeness (QED) is 0.621. The third-order valence-corrected chi connectivity index (χ3v) is 5.89. The molecule has 0 saturated heterocycles.